The molecule has 160 valence electrons. The van der Waals surface area contributed by atoms with Crippen molar-refractivity contribution < 1.29 is 19.5 Å². The summed E-state index contributed by atoms with van der Waals surface area (Å²) >= 11 is 1.73. The van der Waals surface area contributed by atoms with Gasteiger partial charge in [0.1, 0.15) is 12.7 Å². The maximum atomic E-state index is 12.9. The molecule has 1 aromatic carbocycles. The molecule has 0 aliphatic heterocycles. The van der Waals surface area contributed by atoms with Crippen molar-refractivity contribution in [3.8, 4) is 16.2 Å². The highest BCUT2D eigenvalue weighted by Crippen LogP contribution is 2.45. The van der Waals surface area contributed by atoms with E-state index >= 15 is 0 Å². The summed E-state index contributed by atoms with van der Waals surface area (Å²) in [7, 11) is 3.17. The largest absolute Gasteiger partial charge is 0.494 e. The lowest BCUT2D eigenvalue weighted by molar-refractivity contribution is 0.0695. The number of nitrogens with zero attached hydrogens (tertiary/aromatic N) is 2. The molecule has 3 aromatic rings. The topological polar surface area (TPSA) is 90.1 Å². The lowest BCUT2D eigenvalue weighted by Crippen LogP contribution is -2.19. The standard InChI is InChI=1S/C23H22N2O5S/c1-29-22-15(19-10-12-9-13(24-30-2)3-8-18(12)31-19)6-7-16-20(22)25(14-4-5-14)11-17(21(16)26)23(27)28/h6-7,10-11,14H,3-5,8-9H2,1-2H3,(H,27,28). The summed E-state index contributed by atoms with van der Waals surface area (Å²) < 4.78 is 7.75. The van der Waals surface area contributed by atoms with E-state index in [9.17, 15) is 14.7 Å². The van der Waals surface area contributed by atoms with Crippen LogP contribution in [-0.2, 0) is 17.7 Å². The first-order valence-corrected chi connectivity index (χ1v) is 11.0. The number of benzene rings is 1. The molecule has 8 heteroatoms. The van der Waals surface area contributed by atoms with Gasteiger partial charge in [0.2, 0.25) is 5.43 Å². The molecule has 7 nitrogen and oxygen atoms in total. The highest BCUT2D eigenvalue weighted by Gasteiger charge is 2.29. The number of methoxy groups -OCH3 is 1. The number of carbonyl (C=O) groups is 1. The molecule has 0 saturated heterocycles. The molecular weight excluding hydrogens is 416 g/mol. The average molecular weight is 439 g/mol. The highest BCUT2D eigenvalue weighted by molar-refractivity contribution is 7.15. The number of aromatic nitrogens is 1. The van der Waals surface area contributed by atoms with E-state index in [1.165, 1.54) is 16.6 Å². The second kappa shape index (κ2) is 7.53. The molecule has 1 N–H and O–H groups in total. The van der Waals surface area contributed by atoms with Crippen molar-refractivity contribution in [2.24, 2.45) is 5.16 Å². The normalized spacial score (nSPS) is 17.0. The van der Waals surface area contributed by atoms with Crippen LogP contribution in [-0.4, -0.2) is 35.6 Å². The second-order valence-corrected chi connectivity index (χ2v) is 9.07. The molecule has 0 atom stereocenters. The Balaban J connectivity index is 1.71. The first-order chi connectivity index (χ1) is 15.0. The average Bonchev–Trinajstić information content (AvgIpc) is 3.51. The molecule has 0 radical (unpaired) electrons. The molecular formula is C23H22N2O5S. The molecule has 2 aliphatic carbocycles. The van der Waals surface area contributed by atoms with Gasteiger partial charge in [-0.05, 0) is 49.4 Å². The minimum absolute atomic E-state index is 0.190. The molecule has 2 heterocycles. The number of fused-ring (bicyclic) bond motifs is 2. The Morgan fingerprint density at radius 2 is 2.06 bits per heavy atom. The number of aryl methyl sites for hydroxylation is 1. The third-order valence-corrected chi connectivity index (χ3v) is 7.21. The van der Waals surface area contributed by atoms with Gasteiger partial charge in [-0.1, -0.05) is 5.16 Å². The summed E-state index contributed by atoms with van der Waals surface area (Å²) in [6, 6.07) is 5.96. The number of rotatable bonds is 5. The fourth-order valence-corrected chi connectivity index (χ4v) is 5.55. The Hall–Kier alpha value is -3.13. The van der Waals surface area contributed by atoms with Crippen LogP contribution in [0.4, 0.5) is 0 Å². The van der Waals surface area contributed by atoms with E-state index in [1.54, 1.807) is 31.6 Å². The van der Waals surface area contributed by atoms with Crippen LogP contribution in [0.3, 0.4) is 0 Å². The van der Waals surface area contributed by atoms with Gasteiger partial charge >= 0.3 is 5.97 Å². The Labute approximate surface area is 182 Å². The van der Waals surface area contributed by atoms with Crippen LogP contribution in [0.25, 0.3) is 21.3 Å². The number of thiophene rings is 1. The van der Waals surface area contributed by atoms with E-state index < -0.39 is 11.4 Å². The van der Waals surface area contributed by atoms with E-state index in [4.69, 9.17) is 9.57 Å². The van der Waals surface area contributed by atoms with Crippen molar-refractivity contribution in [1.29, 1.82) is 0 Å². The summed E-state index contributed by atoms with van der Waals surface area (Å²) in [4.78, 5) is 31.8. The molecule has 0 amide bonds. The van der Waals surface area contributed by atoms with E-state index in [0.29, 0.717) is 16.7 Å². The number of hydrogen-bond acceptors (Lipinski definition) is 6. The van der Waals surface area contributed by atoms with Crippen LogP contribution in [0.5, 0.6) is 5.75 Å². The zero-order chi connectivity index (χ0) is 21.7. The van der Waals surface area contributed by atoms with Crippen LogP contribution in [0.2, 0.25) is 0 Å². The Morgan fingerprint density at radius 3 is 2.74 bits per heavy atom. The van der Waals surface area contributed by atoms with E-state index in [0.717, 1.165) is 48.3 Å². The highest BCUT2D eigenvalue weighted by atomic mass is 32.1. The number of carboxylic acids is 1. The van der Waals surface area contributed by atoms with Gasteiger partial charge in [-0.2, -0.15) is 0 Å². The number of oxime groups is 1. The van der Waals surface area contributed by atoms with Crippen molar-refractivity contribution in [3.63, 3.8) is 0 Å². The number of aromatic carboxylic acids is 1. The SMILES string of the molecule is CON=C1CCc2sc(-c3ccc4c(=O)c(C(=O)O)cn(C5CC5)c4c3OC)cc2C1. The molecule has 31 heavy (non-hydrogen) atoms. The van der Waals surface area contributed by atoms with Gasteiger partial charge in [-0.15, -0.1) is 11.3 Å². The molecule has 1 fully saturated rings. The van der Waals surface area contributed by atoms with E-state index in [2.05, 4.69) is 11.2 Å². The van der Waals surface area contributed by atoms with Gasteiger partial charge in [0.25, 0.3) is 0 Å². The number of hydrogen-bond donors (Lipinski definition) is 1. The molecule has 0 spiro atoms. The summed E-state index contributed by atoms with van der Waals surface area (Å²) in [5.74, 6) is -0.591. The van der Waals surface area contributed by atoms with E-state index in [-0.39, 0.29) is 11.6 Å². The van der Waals surface area contributed by atoms with Crippen molar-refractivity contribution in [2.75, 3.05) is 14.2 Å². The fourth-order valence-electron chi connectivity index (χ4n) is 4.35. The molecule has 2 aliphatic rings. The molecule has 0 bridgehead atoms. The lowest BCUT2D eigenvalue weighted by atomic mass is 9.96. The molecule has 1 saturated carbocycles. The third kappa shape index (κ3) is 3.31. The van der Waals surface area contributed by atoms with Crippen LogP contribution < -0.4 is 10.2 Å². The predicted molar refractivity (Wildman–Crippen MR) is 120 cm³/mol. The van der Waals surface area contributed by atoms with Crippen molar-refractivity contribution >= 4 is 33.9 Å². The number of ether oxygens (including phenoxy) is 1. The minimum atomic E-state index is -1.20. The second-order valence-electron chi connectivity index (χ2n) is 7.93. The smallest absolute Gasteiger partial charge is 0.341 e. The van der Waals surface area contributed by atoms with Gasteiger partial charge in [-0.3, -0.25) is 4.79 Å². The van der Waals surface area contributed by atoms with Gasteiger partial charge in [-0.25, -0.2) is 4.79 Å². The fraction of sp³-hybridized carbons (Fsp3) is 0.348. The molecule has 5 rings (SSSR count). The van der Waals surface area contributed by atoms with Crippen LogP contribution >= 0.6 is 11.3 Å². The van der Waals surface area contributed by atoms with Gasteiger partial charge in [0.05, 0.1) is 23.7 Å². The Bertz CT molecular complexity index is 1300. The van der Waals surface area contributed by atoms with Crippen LogP contribution in [0.15, 0.2) is 34.3 Å². The summed E-state index contributed by atoms with van der Waals surface area (Å²) in [5.41, 5.74) is 3.18. The zero-order valence-corrected chi connectivity index (χ0v) is 18.1. The van der Waals surface area contributed by atoms with Gasteiger partial charge in [0.15, 0.2) is 5.75 Å². The monoisotopic (exact) mass is 438 g/mol. The van der Waals surface area contributed by atoms with Crippen LogP contribution in [0.1, 0.15) is 46.1 Å². The Kier molecular flexibility index (Phi) is 4.81. The minimum Gasteiger partial charge on any atom is -0.494 e. The zero-order valence-electron chi connectivity index (χ0n) is 17.3. The van der Waals surface area contributed by atoms with Crippen molar-refractivity contribution in [2.45, 2.75) is 38.1 Å². The number of pyridine rings is 1. The summed E-state index contributed by atoms with van der Waals surface area (Å²) in [6.45, 7) is 0. The van der Waals surface area contributed by atoms with Crippen molar-refractivity contribution in [1.82, 2.24) is 4.57 Å². The summed E-state index contributed by atoms with van der Waals surface area (Å²) in [5, 5.41) is 14.0. The lowest BCUT2D eigenvalue weighted by Gasteiger charge is -2.17. The Morgan fingerprint density at radius 1 is 1.26 bits per heavy atom. The quantitative estimate of drug-likeness (QED) is 0.601. The summed E-state index contributed by atoms with van der Waals surface area (Å²) in [6.07, 6.45) is 5.97. The maximum absolute atomic E-state index is 12.9. The molecule has 2 aromatic heterocycles. The first kappa shape index (κ1) is 19.8. The van der Waals surface area contributed by atoms with Gasteiger partial charge in [0, 0.05) is 34.0 Å². The van der Waals surface area contributed by atoms with Crippen molar-refractivity contribution in [3.05, 3.63) is 50.6 Å². The third-order valence-electron chi connectivity index (χ3n) is 5.94. The molecule has 0 unspecified atom stereocenters. The van der Waals surface area contributed by atoms with Crippen LogP contribution in [0, 0.1) is 0 Å². The van der Waals surface area contributed by atoms with Gasteiger partial charge < -0.3 is 19.2 Å². The predicted octanol–water partition coefficient (Wildman–Crippen LogP) is 4.26. The maximum Gasteiger partial charge on any atom is 0.341 e. The van der Waals surface area contributed by atoms with E-state index in [1.807, 2.05) is 10.6 Å². The first-order valence-electron chi connectivity index (χ1n) is 10.2. The number of carboxylic acid groups (broad SMARTS) is 1.